The zero-order valence-electron chi connectivity index (χ0n) is 8.77. The number of carbonyl (C=O) groups excluding carboxylic acids is 2. The van der Waals surface area contributed by atoms with E-state index in [9.17, 15) is 9.59 Å². The average molecular weight is 315 g/mol. The van der Waals surface area contributed by atoms with Gasteiger partial charge in [-0.05, 0) is 6.92 Å². The van der Waals surface area contributed by atoms with Crippen LogP contribution in [0.1, 0.15) is 64.3 Å². The van der Waals surface area contributed by atoms with Crippen molar-refractivity contribution in [2.24, 2.45) is 5.73 Å². The van der Waals surface area contributed by atoms with Crippen LogP contribution in [0.5, 0.6) is 0 Å². The Labute approximate surface area is 133 Å². The zero-order valence-corrected chi connectivity index (χ0v) is 8.77. The molecule has 0 aliphatic heterocycles. The number of esters is 2. The van der Waals surface area contributed by atoms with Crippen LogP contribution in [0.15, 0.2) is 0 Å². The molecule has 0 aromatic carbocycles. The molecule has 0 aliphatic carbocycles. The van der Waals surface area contributed by atoms with E-state index in [-0.39, 0.29) is 70.7 Å². The zero-order chi connectivity index (χ0) is 11.7. The van der Waals surface area contributed by atoms with E-state index in [1.165, 1.54) is 6.92 Å². The van der Waals surface area contributed by atoms with Crippen molar-refractivity contribution in [3.8, 4) is 0 Å². The third-order valence-corrected chi connectivity index (χ3v) is 1.54. The van der Waals surface area contributed by atoms with Crippen molar-refractivity contribution in [3.05, 3.63) is 0 Å². The van der Waals surface area contributed by atoms with Crippen molar-refractivity contribution in [1.29, 1.82) is 0 Å². The van der Waals surface area contributed by atoms with E-state index in [0.29, 0.717) is 6.42 Å². The Bertz CT molecular complexity index is 210. The molecule has 0 heterocycles. The van der Waals surface area contributed by atoms with Gasteiger partial charge in [-0.1, -0.05) is 44.6 Å². The van der Waals surface area contributed by atoms with E-state index in [2.05, 4.69) is 0 Å². The van der Waals surface area contributed by atoms with E-state index in [0.717, 1.165) is 0 Å². The number of carbonyl (C=O) groups is 2. The molecule has 0 saturated carbocycles. The molecule has 0 bridgehead atoms. The molecule has 3 N–H and O–H groups in total. The van der Waals surface area contributed by atoms with Crippen molar-refractivity contribution in [2.45, 2.75) is 70.4 Å². The molecule has 0 aromatic rings. The van der Waals surface area contributed by atoms with Gasteiger partial charge in [-0.2, -0.15) is 0 Å². The van der Waals surface area contributed by atoms with Crippen molar-refractivity contribution in [3.63, 3.8) is 0 Å². The van der Waals surface area contributed by atoms with Gasteiger partial charge in [-0.15, -0.1) is 0 Å². The van der Waals surface area contributed by atoms with Crippen LogP contribution in [0.3, 0.4) is 0 Å². The van der Waals surface area contributed by atoms with Crippen LogP contribution >= 0.6 is 0 Å². The second-order valence-corrected chi connectivity index (χ2v) is 2.92. The first-order valence-electron chi connectivity index (χ1n) is 4.78. The Morgan fingerprint density at radius 2 is 1.57 bits per heavy atom. The van der Waals surface area contributed by atoms with Crippen molar-refractivity contribution in [2.75, 3.05) is 19.8 Å². The monoisotopic (exact) mass is 315 g/mol. The molecule has 0 fully saturated rings. The lowest BCUT2D eigenvalue weighted by Gasteiger charge is -2.11. The molecule has 0 spiro atoms. The number of hydrogen-bond acceptors (Lipinski definition) is 6. The summed E-state index contributed by atoms with van der Waals surface area (Å²) in [7, 11) is 0. The van der Waals surface area contributed by atoms with Crippen LogP contribution in [-0.4, -0.2) is 42.9 Å². The van der Waals surface area contributed by atoms with Gasteiger partial charge in [0.15, 0.2) is 6.10 Å². The van der Waals surface area contributed by atoms with Crippen LogP contribution in [-0.2, 0) is 19.1 Å². The maximum atomic E-state index is 11.1. The summed E-state index contributed by atoms with van der Waals surface area (Å²) in [6.45, 7) is 1.68. The smallest absolute Gasteiger partial charge is 0.347 e. The maximum absolute atomic E-state index is 11.1. The second-order valence-electron chi connectivity index (χ2n) is 2.92. The fourth-order valence-corrected chi connectivity index (χ4v) is 0.777. The predicted molar refractivity (Wildman–Crippen MR) is 92.3 cm³/mol. The molecular weight excluding hydrogens is 274 g/mol. The minimum Gasteiger partial charge on any atom is -0.463 e. The third kappa shape index (κ3) is 24.3. The molecule has 136 valence electrons. The van der Waals surface area contributed by atoms with Crippen molar-refractivity contribution in [1.82, 2.24) is 0 Å². The van der Waals surface area contributed by atoms with Gasteiger partial charge < -0.3 is 20.3 Å². The fourth-order valence-electron chi connectivity index (χ4n) is 0.777. The highest BCUT2D eigenvalue weighted by molar-refractivity contribution is 5.79. The Balaban J connectivity index is -0.0000000653. The molecule has 1 unspecified atom stereocenters. The standard InChI is InChI=1S/C9H17NO5.6CH4/c1-7(15-8(12)3-4-10)9(13)14-6-2-5-11;;;;;;/h7,11H,2-6,10H2,1H3;6*1H4. The van der Waals surface area contributed by atoms with Crippen LogP contribution in [0, 0.1) is 0 Å². The highest BCUT2D eigenvalue weighted by atomic mass is 16.6. The summed E-state index contributed by atoms with van der Waals surface area (Å²) >= 11 is 0. The summed E-state index contributed by atoms with van der Waals surface area (Å²) in [6.07, 6.45) is -0.480. The molecular formula is C15H41NO5. The Hall–Kier alpha value is -1.14. The Morgan fingerprint density at radius 1 is 1.10 bits per heavy atom. The maximum Gasteiger partial charge on any atom is 0.347 e. The fraction of sp³-hybridized carbons (Fsp3) is 0.867. The van der Waals surface area contributed by atoms with E-state index in [1.807, 2.05) is 0 Å². The SMILES string of the molecule is C.C.C.C.C.C.CC(OC(=O)CCN)C(=O)OCCCO. The molecule has 6 nitrogen and oxygen atoms in total. The molecule has 0 amide bonds. The number of rotatable bonds is 7. The molecule has 1 atom stereocenters. The van der Waals surface area contributed by atoms with Crippen LogP contribution in [0.4, 0.5) is 0 Å². The minimum absolute atomic E-state index is 0. The van der Waals surface area contributed by atoms with E-state index in [4.69, 9.17) is 20.3 Å². The Morgan fingerprint density at radius 3 is 1.95 bits per heavy atom. The van der Waals surface area contributed by atoms with Crippen LogP contribution in [0.25, 0.3) is 0 Å². The summed E-state index contributed by atoms with van der Waals surface area (Å²) in [5, 5.41) is 8.44. The number of nitrogens with two attached hydrogens (primary N) is 1. The van der Waals surface area contributed by atoms with Gasteiger partial charge in [0, 0.05) is 19.6 Å². The second kappa shape index (κ2) is 27.2. The van der Waals surface area contributed by atoms with Gasteiger partial charge in [-0.3, -0.25) is 4.79 Å². The van der Waals surface area contributed by atoms with E-state index < -0.39 is 18.0 Å². The normalized spacial score (nSPS) is 8.52. The van der Waals surface area contributed by atoms with Crippen LogP contribution in [0.2, 0.25) is 0 Å². The van der Waals surface area contributed by atoms with E-state index in [1.54, 1.807) is 0 Å². The van der Waals surface area contributed by atoms with E-state index >= 15 is 0 Å². The summed E-state index contributed by atoms with van der Waals surface area (Å²) in [6, 6.07) is 0. The van der Waals surface area contributed by atoms with Gasteiger partial charge >= 0.3 is 11.9 Å². The molecule has 0 radical (unpaired) electrons. The van der Waals surface area contributed by atoms with Crippen LogP contribution < -0.4 is 5.73 Å². The molecule has 21 heavy (non-hydrogen) atoms. The first kappa shape index (κ1) is 42.7. The van der Waals surface area contributed by atoms with Gasteiger partial charge in [0.2, 0.25) is 0 Å². The first-order valence-corrected chi connectivity index (χ1v) is 4.78. The lowest BCUT2D eigenvalue weighted by atomic mass is 10.4. The molecule has 0 aromatic heterocycles. The van der Waals surface area contributed by atoms with Gasteiger partial charge in [-0.25, -0.2) is 4.79 Å². The largest absolute Gasteiger partial charge is 0.463 e. The van der Waals surface area contributed by atoms with Gasteiger partial charge in [0.25, 0.3) is 0 Å². The predicted octanol–water partition coefficient (Wildman–Crippen LogP) is 3.01. The molecule has 6 heteroatoms. The number of hydrogen-bond donors (Lipinski definition) is 2. The minimum atomic E-state index is -0.928. The molecule has 0 saturated heterocycles. The van der Waals surface area contributed by atoms with Gasteiger partial charge in [0.1, 0.15) is 0 Å². The topological polar surface area (TPSA) is 98.9 Å². The Kier molecular flexibility index (Phi) is 55.4. The summed E-state index contributed by atoms with van der Waals surface area (Å²) < 4.78 is 9.44. The number of aliphatic hydroxyl groups is 1. The quantitative estimate of drug-likeness (QED) is 0.553. The van der Waals surface area contributed by atoms with Gasteiger partial charge in [0.05, 0.1) is 13.0 Å². The number of ether oxygens (including phenoxy) is 2. The third-order valence-electron chi connectivity index (χ3n) is 1.54. The number of aliphatic hydroxyl groups excluding tert-OH is 1. The summed E-state index contributed by atoms with van der Waals surface area (Å²) in [4.78, 5) is 22.1. The summed E-state index contributed by atoms with van der Waals surface area (Å²) in [5.41, 5.74) is 5.13. The summed E-state index contributed by atoms with van der Waals surface area (Å²) in [5.74, 6) is -1.14. The lowest BCUT2D eigenvalue weighted by molar-refractivity contribution is -0.166. The molecule has 0 rings (SSSR count). The average Bonchev–Trinajstić information content (AvgIpc) is 2.18. The van der Waals surface area contributed by atoms with Crippen molar-refractivity contribution >= 4 is 11.9 Å². The molecule has 0 aliphatic rings. The first-order chi connectivity index (χ1) is 7.11. The highest BCUT2D eigenvalue weighted by Gasteiger charge is 2.18. The van der Waals surface area contributed by atoms with Crippen molar-refractivity contribution < 1.29 is 24.2 Å². The highest BCUT2D eigenvalue weighted by Crippen LogP contribution is 1.98. The lowest BCUT2D eigenvalue weighted by Crippen LogP contribution is -2.27.